The molecule has 2 rings (SSSR count). The Morgan fingerprint density at radius 1 is 1.42 bits per heavy atom. The molecule has 1 unspecified atom stereocenters. The van der Waals surface area contributed by atoms with Crippen LogP contribution in [0, 0.1) is 5.92 Å². The monoisotopic (exact) mass is 353 g/mol. The standard InChI is InChI=1S/C16H27N5O2S/c1-12-6-4-8-21(11-12)13-10-14(23-3)19-15(18-13)20-16(24)17-7-5-9-22-2/h10,12H,4-9,11H2,1-3H3,(H2,17,18,19,20,24). The number of hydrogen-bond acceptors (Lipinski definition) is 6. The van der Waals surface area contributed by atoms with E-state index in [1.54, 1.807) is 14.2 Å². The van der Waals surface area contributed by atoms with E-state index in [1.807, 2.05) is 6.07 Å². The van der Waals surface area contributed by atoms with Crippen molar-refractivity contribution in [2.75, 3.05) is 50.7 Å². The Kier molecular flexibility index (Phi) is 7.45. The van der Waals surface area contributed by atoms with Crippen LogP contribution in [0.1, 0.15) is 26.2 Å². The van der Waals surface area contributed by atoms with Crippen molar-refractivity contribution in [2.24, 2.45) is 5.92 Å². The van der Waals surface area contributed by atoms with Gasteiger partial charge in [0.25, 0.3) is 0 Å². The fourth-order valence-electron chi connectivity index (χ4n) is 2.70. The summed E-state index contributed by atoms with van der Waals surface area (Å²) in [5, 5.41) is 6.65. The summed E-state index contributed by atoms with van der Waals surface area (Å²) in [6, 6.07) is 1.87. The molecule has 7 nitrogen and oxygen atoms in total. The van der Waals surface area contributed by atoms with Crippen LogP contribution in [0.2, 0.25) is 0 Å². The molecule has 0 amide bonds. The average molecular weight is 353 g/mol. The molecule has 2 heterocycles. The summed E-state index contributed by atoms with van der Waals surface area (Å²) in [4.78, 5) is 11.2. The van der Waals surface area contributed by atoms with Crippen LogP contribution < -0.4 is 20.3 Å². The minimum atomic E-state index is 0.451. The minimum absolute atomic E-state index is 0.451. The highest BCUT2D eigenvalue weighted by molar-refractivity contribution is 7.80. The van der Waals surface area contributed by atoms with Gasteiger partial charge in [0.15, 0.2) is 5.11 Å². The van der Waals surface area contributed by atoms with E-state index in [4.69, 9.17) is 21.7 Å². The fourth-order valence-corrected chi connectivity index (χ4v) is 2.89. The first-order chi connectivity index (χ1) is 11.6. The van der Waals surface area contributed by atoms with E-state index in [-0.39, 0.29) is 0 Å². The zero-order chi connectivity index (χ0) is 17.4. The maximum absolute atomic E-state index is 5.31. The highest BCUT2D eigenvalue weighted by atomic mass is 32.1. The van der Waals surface area contributed by atoms with Crippen molar-refractivity contribution in [1.29, 1.82) is 0 Å². The molecule has 1 aliphatic rings. The lowest BCUT2D eigenvalue weighted by Gasteiger charge is -2.32. The topological polar surface area (TPSA) is 71.5 Å². The van der Waals surface area contributed by atoms with E-state index in [1.165, 1.54) is 12.8 Å². The molecule has 1 aromatic rings. The van der Waals surface area contributed by atoms with Gasteiger partial charge in [-0.3, -0.25) is 0 Å². The highest BCUT2D eigenvalue weighted by Gasteiger charge is 2.19. The second kappa shape index (κ2) is 9.58. The normalized spacial score (nSPS) is 17.5. The number of methoxy groups -OCH3 is 2. The lowest BCUT2D eigenvalue weighted by Crippen LogP contribution is -2.35. The van der Waals surface area contributed by atoms with Gasteiger partial charge in [0.1, 0.15) is 5.82 Å². The van der Waals surface area contributed by atoms with Gasteiger partial charge in [0.2, 0.25) is 11.8 Å². The van der Waals surface area contributed by atoms with Gasteiger partial charge in [-0.05, 0) is 37.4 Å². The van der Waals surface area contributed by atoms with Gasteiger partial charge >= 0.3 is 0 Å². The van der Waals surface area contributed by atoms with Gasteiger partial charge in [-0.25, -0.2) is 0 Å². The first-order valence-corrected chi connectivity index (χ1v) is 8.75. The third-order valence-electron chi connectivity index (χ3n) is 3.92. The van der Waals surface area contributed by atoms with Crippen molar-refractivity contribution in [3.8, 4) is 5.88 Å². The molecule has 0 spiro atoms. The Bertz CT molecular complexity index is 543. The van der Waals surface area contributed by atoms with Crippen molar-refractivity contribution in [3.05, 3.63) is 6.07 Å². The minimum Gasteiger partial charge on any atom is -0.481 e. The van der Waals surface area contributed by atoms with Crippen LogP contribution in [0.3, 0.4) is 0 Å². The summed E-state index contributed by atoms with van der Waals surface area (Å²) < 4.78 is 10.3. The van der Waals surface area contributed by atoms with Crippen LogP contribution in [-0.4, -0.2) is 55.5 Å². The highest BCUT2D eigenvalue weighted by Crippen LogP contribution is 2.24. The van der Waals surface area contributed by atoms with E-state index in [2.05, 4.69) is 32.4 Å². The van der Waals surface area contributed by atoms with Gasteiger partial charge in [0.05, 0.1) is 7.11 Å². The Labute approximate surface area is 149 Å². The number of ether oxygens (including phenoxy) is 2. The van der Waals surface area contributed by atoms with Crippen molar-refractivity contribution in [2.45, 2.75) is 26.2 Å². The van der Waals surface area contributed by atoms with Crippen molar-refractivity contribution >= 4 is 29.1 Å². The summed E-state index contributed by atoms with van der Waals surface area (Å²) in [6.45, 7) is 5.70. The summed E-state index contributed by atoms with van der Waals surface area (Å²) in [7, 11) is 3.29. The number of nitrogens with one attached hydrogen (secondary N) is 2. The zero-order valence-corrected chi connectivity index (χ0v) is 15.5. The quantitative estimate of drug-likeness (QED) is 0.570. The number of aromatic nitrogens is 2. The molecule has 1 fully saturated rings. The lowest BCUT2D eigenvalue weighted by atomic mass is 10.0. The molecule has 1 aliphatic heterocycles. The molecule has 0 radical (unpaired) electrons. The maximum Gasteiger partial charge on any atom is 0.234 e. The number of piperidine rings is 1. The van der Waals surface area contributed by atoms with Crippen molar-refractivity contribution in [3.63, 3.8) is 0 Å². The van der Waals surface area contributed by atoms with E-state index >= 15 is 0 Å². The number of nitrogens with zero attached hydrogens (tertiary/aromatic N) is 3. The van der Waals surface area contributed by atoms with Gasteiger partial charge in [0, 0.05) is 39.4 Å². The molecular weight excluding hydrogens is 326 g/mol. The largest absolute Gasteiger partial charge is 0.481 e. The summed E-state index contributed by atoms with van der Waals surface area (Å²) in [5.74, 6) is 2.52. The third-order valence-corrected chi connectivity index (χ3v) is 4.16. The summed E-state index contributed by atoms with van der Waals surface area (Å²) in [5.41, 5.74) is 0. The fraction of sp³-hybridized carbons (Fsp3) is 0.688. The summed E-state index contributed by atoms with van der Waals surface area (Å²) >= 11 is 5.29. The summed E-state index contributed by atoms with van der Waals surface area (Å²) in [6.07, 6.45) is 3.32. The number of rotatable bonds is 7. The van der Waals surface area contributed by atoms with Crippen LogP contribution in [0.4, 0.5) is 11.8 Å². The molecule has 1 aromatic heterocycles. The Balaban J connectivity index is 2.01. The van der Waals surface area contributed by atoms with E-state index < -0.39 is 0 Å². The molecule has 0 saturated carbocycles. The van der Waals surface area contributed by atoms with Crippen molar-refractivity contribution in [1.82, 2.24) is 15.3 Å². The predicted molar refractivity (Wildman–Crippen MR) is 99.9 cm³/mol. The molecule has 1 saturated heterocycles. The zero-order valence-electron chi connectivity index (χ0n) is 14.7. The first kappa shape index (κ1) is 18.7. The van der Waals surface area contributed by atoms with E-state index in [0.717, 1.165) is 31.9 Å². The molecule has 0 bridgehead atoms. The van der Waals surface area contributed by atoms with E-state index in [9.17, 15) is 0 Å². The number of thiocarbonyl (C=S) groups is 1. The van der Waals surface area contributed by atoms with Gasteiger partial charge in [-0.1, -0.05) is 6.92 Å². The third kappa shape index (κ3) is 5.76. The van der Waals surface area contributed by atoms with Gasteiger partial charge < -0.3 is 25.0 Å². The van der Waals surface area contributed by atoms with Crippen LogP contribution in [0.15, 0.2) is 6.07 Å². The van der Waals surface area contributed by atoms with E-state index in [0.29, 0.717) is 29.5 Å². The Morgan fingerprint density at radius 3 is 2.96 bits per heavy atom. The molecular formula is C16H27N5O2S. The molecule has 134 valence electrons. The molecule has 0 aliphatic carbocycles. The SMILES string of the molecule is COCCCNC(=S)Nc1nc(OC)cc(N2CCCC(C)C2)n1. The molecule has 1 atom stereocenters. The Morgan fingerprint density at radius 2 is 2.25 bits per heavy atom. The van der Waals surface area contributed by atoms with Gasteiger partial charge in [-0.15, -0.1) is 0 Å². The Hall–Kier alpha value is -1.67. The maximum atomic E-state index is 5.31. The van der Waals surface area contributed by atoms with Crippen LogP contribution >= 0.6 is 12.2 Å². The smallest absolute Gasteiger partial charge is 0.234 e. The molecule has 0 aromatic carbocycles. The molecule has 24 heavy (non-hydrogen) atoms. The first-order valence-electron chi connectivity index (χ1n) is 8.34. The van der Waals surface area contributed by atoms with Crippen LogP contribution in [0.25, 0.3) is 0 Å². The second-order valence-corrected chi connectivity index (χ2v) is 6.42. The molecule has 8 heteroatoms. The second-order valence-electron chi connectivity index (χ2n) is 6.01. The predicted octanol–water partition coefficient (Wildman–Crippen LogP) is 2.04. The average Bonchev–Trinajstić information content (AvgIpc) is 2.58. The molecule has 2 N–H and O–H groups in total. The van der Waals surface area contributed by atoms with Crippen LogP contribution in [0.5, 0.6) is 5.88 Å². The number of anilines is 2. The van der Waals surface area contributed by atoms with Crippen LogP contribution in [-0.2, 0) is 4.74 Å². The number of hydrogen-bond donors (Lipinski definition) is 2. The lowest BCUT2D eigenvalue weighted by molar-refractivity contribution is 0.196. The van der Waals surface area contributed by atoms with Crippen molar-refractivity contribution < 1.29 is 9.47 Å². The van der Waals surface area contributed by atoms with Gasteiger partial charge in [-0.2, -0.15) is 9.97 Å².